The van der Waals surface area contributed by atoms with E-state index in [-0.39, 0.29) is 29.1 Å². The summed E-state index contributed by atoms with van der Waals surface area (Å²) in [7, 11) is 0. The predicted octanol–water partition coefficient (Wildman–Crippen LogP) is 8.40. The summed E-state index contributed by atoms with van der Waals surface area (Å²) < 4.78 is 41.5. The van der Waals surface area contributed by atoms with Crippen LogP contribution < -0.4 is 10.2 Å². The molecule has 1 saturated heterocycles. The number of hydrogen-bond acceptors (Lipinski definition) is 5. The van der Waals surface area contributed by atoms with Crippen LogP contribution in [0.25, 0.3) is 11.1 Å². The summed E-state index contributed by atoms with van der Waals surface area (Å²) >= 11 is 6.11. The van der Waals surface area contributed by atoms with Gasteiger partial charge in [-0.2, -0.15) is 13.2 Å². The van der Waals surface area contributed by atoms with Crippen molar-refractivity contribution in [2.75, 3.05) is 49.5 Å². The number of fused-ring (bicyclic) bond motifs is 1. The van der Waals surface area contributed by atoms with Crippen LogP contribution in [0.4, 0.5) is 24.7 Å². The number of carbonyl (C=O) groups excluding carboxylic acids is 1. The highest BCUT2D eigenvalue weighted by molar-refractivity contribution is 6.30. The second-order valence-electron chi connectivity index (χ2n) is 12.4. The largest absolute Gasteiger partial charge is 0.416 e. The molecule has 250 valence electrons. The fraction of sp³-hybridized carbons (Fsp3) is 0.231. The monoisotopic (exact) mass is 681 g/mol. The first-order valence-corrected chi connectivity index (χ1v) is 16.7. The van der Waals surface area contributed by atoms with E-state index in [9.17, 15) is 18.0 Å². The number of piperazine rings is 1. The molecular weight excluding hydrogens is 647 g/mol. The van der Waals surface area contributed by atoms with Crippen LogP contribution in [0.2, 0.25) is 5.02 Å². The van der Waals surface area contributed by atoms with Gasteiger partial charge in [0.2, 0.25) is 0 Å². The van der Waals surface area contributed by atoms with Gasteiger partial charge in [-0.3, -0.25) is 9.69 Å². The van der Waals surface area contributed by atoms with Gasteiger partial charge < -0.3 is 15.1 Å². The lowest BCUT2D eigenvalue weighted by Gasteiger charge is -2.39. The van der Waals surface area contributed by atoms with Crippen LogP contribution in [-0.2, 0) is 12.7 Å². The molecule has 0 unspecified atom stereocenters. The van der Waals surface area contributed by atoms with E-state index in [1.54, 1.807) is 6.20 Å². The van der Waals surface area contributed by atoms with Gasteiger partial charge in [-0.05, 0) is 58.7 Å². The maximum absolute atomic E-state index is 13.8. The number of amides is 1. The number of nitrogens with one attached hydrogen (secondary N) is 1. The molecule has 6 nitrogen and oxygen atoms in total. The van der Waals surface area contributed by atoms with E-state index in [0.717, 1.165) is 30.3 Å². The Morgan fingerprint density at radius 3 is 2.16 bits per heavy atom. The van der Waals surface area contributed by atoms with Crippen molar-refractivity contribution in [2.45, 2.75) is 18.8 Å². The van der Waals surface area contributed by atoms with Gasteiger partial charge in [0, 0.05) is 68.2 Å². The summed E-state index contributed by atoms with van der Waals surface area (Å²) in [5.74, 6) is 0.562. The molecule has 1 fully saturated rings. The van der Waals surface area contributed by atoms with Gasteiger partial charge in [0.05, 0.1) is 17.3 Å². The van der Waals surface area contributed by atoms with Crippen molar-refractivity contribution < 1.29 is 18.0 Å². The SMILES string of the molecule is O=C(c1cccc(-c2cnc3c(c2)N(Cc2cc(Cl)ccc2C(F)(F)F)CCN3)c1)N1CCN(C(c2ccccc2)c2ccccc2)CC1. The van der Waals surface area contributed by atoms with E-state index in [1.807, 2.05) is 52.3 Å². The third-order valence-electron chi connectivity index (χ3n) is 9.26. The maximum atomic E-state index is 13.8. The van der Waals surface area contributed by atoms with Crippen molar-refractivity contribution in [2.24, 2.45) is 0 Å². The minimum Gasteiger partial charge on any atom is -0.367 e. The van der Waals surface area contributed by atoms with Crippen LogP contribution >= 0.6 is 11.6 Å². The van der Waals surface area contributed by atoms with Gasteiger partial charge in [-0.1, -0.05) is 84.4 Å². The first kappa shape index (κ1) is 32.7. The number of pyridine rings is 1. The van der Waals surface area contributed by atoms with E-state index in [0.29, 0.717) is 43.2 Å². The zero-order valence-corrected chi connectivity index (χ0v) is 27.5. The van der Waals surface area contributed by atoms with Crippen LogP contribution in [-0.4, -0.2) is 60.0 Å². The van der Waals surface area contributed by atoms with E-state index in [4.69, 9.17) is 11.6 Å². The predicted molar refractivity (Wildman–Crippen MR) is 188 cm³/mol. The van der Waals surface area contributed by atoms with Gasteiger partial charge in [0.15, 0.2) is 0 Å². The molecule has 0 bridgehead atoms. The lowest BCUT2D eigenvalue weighted by atomic mass is 9.96. The molecule has 0 atom stereocenters. The average molecular weight is 682 g/mol. The maximum Gasteiger partial charge on any atom is 0.416 e. The fourth-order valence-electron chi connectivity index (χ4n) is 6.84. The van der Waals surface area contributed by atoms with E-state index >= 15 is 0 Å². The van der Waals surface area contributed by atoms with E-state index in [1.165, 1.54) is 23.3 Å². The Morgan fingerprint density at radius 1 is 0.796 bits per heavy atom. The highest BCUT2D eigenvalue weighted by Gasteiger charge is 2.34. The Kier molecular flexibility index (Phi) is 9.29. The second kappa shape index (κ2) is 13.9. The lowest BCUT2D eigenvalue weighted by molar-refractivity contribution is -0.138. The van der Waals surface area contributed by atoms with Crippen molar-refractivity contribution in [3.63, 3.8) is 0 Å². The molecule has 4 aromatic carbocycles. The highest BCUT2D eigenvalue weighted by atomic mass is 35.5. The molecule has 0 saturated carbocycles. The Hall–Kier alpha value is -4.86. The highest BCUT2D eigenvalue weighted by Crippen LogP contribution is 2.37. The van der Waals surface area contributed by atoms with Crippen LogP contribution in [0, 0.1) is 0 Å². The molecule has 1 aromatic heterocycles. The Labute approximate surface area is 288 Å². The lowest BCUT2D eigenvalue weighted by Crippen LogP contribution is -2.49. The number of rotatable bonds is 7. The minimum absolute atomic E-state index is 0.0229. The van der Waals surface area contributed by atoms with Crippen molar-refractivity contribution in [1.29, 1.82) is 0 Å². The minimum atomic E-state index is -4.50. The van der Waals surface area contributed by atoms with Gasteiger partial charge in [-0.25, -0.2) is 4.98 Å². The average Bonchev–Trinajstić information content (AvgIpc) is 3.12. The number of halogens is 4. The van der Waals surface area contributed by atoms with Gasteiger partial charge in [-0.15, -0.1) is 0 Å². The molecular formula is C39H35ClF3N5O. The van der Waals surface area contributed by atoms with E-state index in [2.05, 4.69) is 63.7 Å². The Bertz CT molecular complexity index is 1890. The van der Waals surface area contributed by atoms with Crippen molar-refractivity contribution in [1.82, 2.24) is 14.8 Å². The van der Waals surface area contributed by atoms with Crippen molar-refractivity contribution in [3.05, 3.63) is 148 Å². The van der Waals surface area contributed by atoms with Crippen LogP contribution in [0.3, 0.4) is 0 Å². The van der Waals surface area contributed by atoms with Crippen LogP contribution in [0.15, 0.2) is 115 Å². The van der Waals surface area contributed by atoms with Gasteiger partial charge in [0.1, 0.15) is 5.82 Å². The molecule has 1 N–H and O–H groups in total. The Morgan fingerprint density at radius 2 is 1.49 bits per heavy atom. The zero-order valence-electron chi connectivity index (χ0n) is 26.7. The number of anilines is 2. The molecule has 1 amide bonds. The third-order valence-corrected chi connectivity index (χ3v) is 9.49. The summed E-state index contributed by atoms with van der Waals surface area (Å²) in [6.07, 6.45) is -2.77. The summed E-state index contributed by atoms with van der Waals surface area (Å²) in [4.78, 5) is 24.6. The standard InChI is InChI=1S/C39H35ClF3N5O/c40-33-14-15-34(39(41,42)43)32(23-33)26-48-17-16-44-37-35(48)24-31(25-45-37)29-12-7-13-30(22-29)38(49)47-20-18-46(19-21-47)36(27-8-3-1-4-9-27)28-10-5-2-6-11-28/h1-15,22-25,36H,16-21,26H2,(H,44,45). The van der Waals surface area contributed by atoms with Crippen molar-refractivity contribution in [3.8, 4) is 11.1 Å². The molecule has 7 rings (SSSR count). The molecule has 49 heavy (non-hydrogen) atoms. The molecule has 0 aliphatic carbocycles. The quantitative estimate of drug-likeness (QED) is 0.187. The molecule has 3 heterocycles. The summed E-state index contributed by atoms with van der Waals surface area (Å²) in [5, 5.41) is 3.50. The molecule has 0 spiro atoms. The smallest absolute Gasteiger partial charge is 0.367 e. The Balaban J connectivity index is 1.08. The van der Waals surface area contributed by atoms with Crippen LogP contribution in [0.1, 0.15) is 38.7 Å². The number of aromatic nitrogens is 1. The number of carbonyl (C=O) groups is 1. The fourth-order valence-corrected chi connectivity index (χ4v) is 7.03. The summed E-state index contributed by atoms with van der Waals surface area (Å²) in [6, 6.07) is 34.1. The zero-order chi connectivity index (χ0) is 34.0. The number of alkyl halides is 3. The topological polar surface area (TPSA) is 51.7 Å². The van der Waals surface area contributed by atoms with Crippen molar-refractivity contribution >= 4 is 29.0 Å². The summed E-state index contributed by atoms with van der Waals surface area (Å²) in [6.45, 7) is 3.72. The number of benzene rings is 4. The molecule has 0 radical (unpaired) electrons. The number of nitrogens with zero attached hydrogens (tertiary/aromatic N) is 4. The van der Waals surface area contributed by atoms with Gasteiger partial charge in [0.25, 0.3) is 5.91 Å². The van der Waals surface area contributed by atoms with Gasteiger partial charge >= 0.3 is 6.18 Å². The molecule has 2 aliphatic rings. The number of hydrogen-bond donors (Lipinski definition) is 1. The first-order valence-electron chi connectivity index (χ1n) is 16.3. The second-order valence-corrected chi connectivity index (χ2v) is 12.8. The third kappa shape index (κ3) is 7.14. The molecule has 2 aliphatic heterocycles. The van der Waals surface area contributed by atoms with Crippen LogP contribution in [0.5, 0.6) is 0 Å². The van der Waals surface area contributed by atoms with E-state index < -0.39 is 11.7 Å². The summed E-state index contributed by atoms with van der Waals surface area (Å²) in [5.41, 5.74) is 4.68. The molecule has 5 aromatic rings. The molecule has 10 heteroatoms. The first-order chi connectivity index (χ1) is 23.7. The normalized spacial score (nSPS) is 15.2.